The van der Waals surface area contributed by atoms with Crippen molar-refractivity contribution in [2.75, 3.05) is 26.3 Å². The van der Waals surface area contributed by atoms with Gasteiger partial charge in [-0.2, -0.15) is 0 Å². The first-order valence-corrected chi connectivity index (χ1v) is 6.69. The van der Waals surface area contributed by atoms with Crippen molar-refractivity contribution in [2.45, 2.75) is 51.2 Å². The molecule has 0 bridgehead atoms. The van der Waals surface area contributed by atoms with E-state index < -0.39 is 0 Å². The van der Waals surface area contributed by atoms with Gasteiger partial charge in [-0.25, -0.2) is 0 Å². The smallest absolute Gasteiger partial charge is 0.0771 e. The molecule has 2 aliphatic rings. The van der Waals surface area contributed by atoms with Gasteiger partial charge in [0.1, 0.15) is 0 Å². The van der Waals surface area contributed by atoms with Crippen LogP contribution in [0.25, 0.3) is 0 Å². The maximum Gasteiger partial charge on any atom is 0.0771 e. The van der Waals surface area contributed by atoms with E-state index in [0.717, 1.165) is 39.1 Å². The fourth-order valence-electron chi connectivity index (χ4n) is 3.16. The van der Waals surface area contributed by atoms with Crippen LogP contribution in [-0.2, 0) is 4.74 Å². The van der Waals surface area contributed by atoms with Crippen molar-refractivity contribution in [1.29, 1.82) is 0 Å². The standard InChI is InChI=1S/C13H25NO2/c1-3-13(2,14-7-4-5-8-14)12(15)11-6-9-16-10-11/h11-12,15H,3-10H2,1-2H3. The summed E-state index contributed by atoms with van der Waals surface area (Å²) in [5, 5.41) is 10.6. The van der Waals surface area contributed by atoms with Crippen molar-refractivity contribution in [3.05, 3.63) is 0 Å². The van der Waals surface area contributed by atoms with E-state index in [0.29, 0.717) is 5.92 Å². The molecule has 0 aromatic carbocycles. The molecule has 3 unspecified atom stereocenters. The highest BCUT2D eigenvalue weighted by Crippen LogP contribution is 2.33. The topological polar surface area (TPSA) is 32.7 Å². The van der Waals surface area contributed by atoms with E-state index in [9.17, 15) is 5.11 Å². The number of aliphatic hydroxyl groups is 1. The second-order valence-electron chi connectivity index (χ2n) is 5.47. The Morgan fingerprint density at radius 1 is 1.44 bits per heavy atom. The maximum absolute atomic E-state index is 10.6. The largest absolute Gasteiger partial charge is 0.391 e. The summed E-state index contributed by atoms with van der Waals surface area (Å²) in [7, 11) is 0. The summed E-state index contributed by atoms with van der Waals surface area (Å²) in [4.78, 5) is 2.48. The van der Waals surface area contributed by atoms with Gasteiger partial charge in [-0.05, 0) is 45.7 Å². The summed E-state index contributed by atoms with van der Waals surface area (Å²) in [5.74, 6) is 0.338. The van der Waals surface area contributed by atoms with E-state index >= 15 is 0 Å². The Bertz CT molecular complexity index is 222. The van der Waals surface area contributed by atoms with Gasteiger partial charge in [0.25, 0.3) is 0 Å². The van der Waals surface area contributed by atoms with Crippen LogP contribution in [0.15, 0.2) is 0 Å². The fraction of sp³-hybridized carbons (Fsp3) is 1.00. The van der Waals surface area contributed by atoms with Crippen LogP contribution in [-0.4, -0.2) is 48.0 Å². The first-order chi connectivity index (χ1) is 7.68. The molecule has 2 heterocycles. The highest BCUT2D eigenvalue weighted by Gasteiger charge is 2.43. The van der Waals surface area contributed by atoms with Gasteiger partial charge in [0.15, 0.2) is 0 Å². The Kier molecular flexibility index (Phi) is 3.88. The molecule has 2 rings (SSSR count). The summed E-state index contributed by atoms with van der Waals surface area (Å²) in [6, 6.07) is 0. The van der Waals surface area contributed by atoms with Gasteiger partial charge in [0.2, 0.25) is 0 Å². The van der Waals surface area contributed by atoms with Crippen molar-refractivity contribution in [2.24, 2.45) is 5.92 Å². The molecule has 0 amide bonds. The molecule has 0 radical (unpaired) electrons. The predicted octanol–water partition coefficient (Wildman–Crippen LogP) is 1.65. The van der Waals surface area contributed by atoms with E-state index in [1.165, 1.54) is 12.8 Å². The maximum atomic E-state index is 10.6. The van der Waals surface area contributed by atoms with Gasteiger partial charge < -0.3 is 9.84 Å². The van der Waals surface area contributed by atoms with Crippen molar-refractivity contribution < 1.29 is 9.84 Å². The molecule has 0 aromatic heterocycles. The second-order valence-corrected chi connectivity index (χ2v) is 5.47. The summed E-state index contributed by atoms with van der Waals surface area (Å²) in [6.45, 7) is 8.27. The molecule has 0 aliphatic carbocycles. The Morgan fingerprint density at radius 2 is 2.12 bits per heavy atom. The number of hydrogen-bond donors (Lipinski definition) is 1. The van der Waals surface area contributed by atoms with Crippen LogP contribution in [0, 0.1) is 5.92 Å². The number of rotatable bonds is 4. The number of aliphatic hydroxyl groups excluding tert-OH is 1. The highest BCUT2D eigenvalue weighted by atomic mass is 16.5. The van der Waals surface area contributed by atoms with Gasteiger partial charge in [-0.15, -0.1) is 0 Å². The molecule has 2 aliphatic heterocycles. The van der Waals surface area contributed by atoms with Crippen molar-refractivity contribution in [3.63, 3.8) is 0 Å². The third-order valence-electron chi connectivity index (χ3n) is 4.59. The number of likely N-dealkylation sites (tertiary alicyclic amines) is 1. The molecule has 94 valence electrons. The lowest BCUT2D eigenvalue weighted by molar-refractivity contribution is -0.0466. The lowest BCUT2D eigenvalue weighted by Crippen LogP contribution is -2.55. The van der Waals surface area contributed by atoms with Crippen molar-refractivity contribution >= 4 is 0 Å². The minimum Gasteiger partial charge on any atom is -0.391 e. The highest BCUT2D eigenvalue weighted by molar-refractivity contribution is 4.97. The van der Waals surface area contributed by atoms with E-state index in [1.807, 2.05) is 0 Å². The molecule has 0 spiro atoms. The first-order valence-electron chi connectivity index (χ1n) is 6.69. The molecule has 2 fully saturated rings. The number of nitrogens with zero attached hydrogens (tertiary/aromatic N) is 1. The van der Waals surface area contributed by atoms with Crippen LogP contribution in [0.3, 0.4) is 0 Å². The van der Waals surface area contributed by atoms with Crippen LogP contribution in [0.2, 0.25) is 0 Å². The average molecular weight is 227 g/mol. The summed E-state index contributed by atoms with van der Waals surface area (Å²) >= 11 is 0. The Morgan fingerprint density at radius 3 is 2.62 bits per heavy atom. The van der Waals surface area contributed by atoms with Gasteiger partial charge in [-0.3, -0.25) is 4.90 Å². The van der Waals surface area contributed by atoms with Gasteiger partial charge in [-0.1, -0.05) is 6.92 Å². The van der Waals surface area contributed by atoms with Crippen LogP contribution in [0.1, 0.15) is 39.5 Å². The molecule has 1 N–H and O–H groups in total. The van der Waals surface area contributed by atoms with Crippen LogP contribution in [0.5, 0.6) is 0 Å². The zero-order valence-electron chi connectivity index (χ0n) is 10.6. The third-order valence-corrected chi connectivity index (χ3v) is 4.59. The molecular weight excluding hydrogens is 202 g/mol. The van der Waals surface area contributed by atoms with Gasteiger partial charge in [0.05, 0.1) is 12.7 Å². The minimum absolute atomic E-state index is 0.0468. The summed E-state index contributed by atoms with van der Waals surface area (Å²) < 4.78 is 5.40. The van der Waals surface area contributed by atoms with E-state index in [4.69, 9.17) is 4.74 Å². The SMILES string of the molecule is CCC(C)(C(O)C1CCOC1)N1CCCC1. The molecule has 3 atom stereocenters. The second kappa shape index (κ2) is 5.03. The van der Waals surface area contributed by atoms with Crippen LogP contribution in [0.4, 0.5) is 0 Å². The van der Waals surface area contributed by atoms with Crippen LogP contribution >= 0.6 is 0 Å². The predicted molar refractivity (Wildman–Crippen MR) is 64.4 cm³/mol. The molecule has 3 heteroatoms. The first kappa shape index (κ1) is 12.3. The van der Waals surface area contributed by atoms with Crippen molar-refractivity contribution in [1.82, 2.24) is 4.90 Å². The zero-order valence-corrected chi connectivity index (χ0v) is 10.6. The Hall–Kier alpha value is -0.120. The monoisotopic (exact) mass is 227 g/mol. The van der Waals surface area contributed by atoms with Crippen molar-refractivity contribution in [3.8, 4) is 0 Å². The summed E-state index contributed by atoms with van der Waals surface area (Å²) in [6.07, 6.45) is 4.36. The summed E-state index contributed by atoms with van der Waals surface area (Å²) in [5.41, 5.74) is -0.0468. The lowest BCUT2D eigenvalue weighted by Gasteiger charge is -2.44. The average Bonchev–Trinajstić information content (AvgIpc) is 2.98. The van der Waals surface area contributed by atoms with Gasteiger partial charge in [0, 0.05) is 18.1 Å². The molecular formula is C13H25NO2. The van der Waals surface area contributed by atoms with E-state index in [1.54, 1.807) is 0 Å². The zero-order chi connectivity index (χ0) is 11.6. The number of ether oxygens (including phenoxy) is 1. The minimum atomic E-state index is -0.238. The molecule has 3 nitrogen and oxygen atoms in total. The molecule has 0 saturated carbocycles. The number of hydrogen-bond acceptors (Lipinski definition) is 3. The molecule has 0 aromatic rings. The van der Waals surface area contributed by atoms with E-state index in [2.05, 4.69) is 18.7 Å². The Balaban J connectivity index is 2.05. The lowest BCUT2D eigenvalue weighted by atomic mass is 9.81. The van der Waals surface area contributed by atoms with Crippen LogP contribution < -0.4 is 0 Å². The molecule has 16 heavy (non-hydrogen) atoms. The fourth-order valence-corrected chi connectivity index (χ4v) is 3.16. The van der Waals surface area contributed by atoms with E-state index in [-0.39, 0.29) is 11.6 Å². The molecule has 2 saturated heterocycles. The van der Waals surface area contributed by atoms with Gasteiger partial charge >= 0.3 is 0 Å². The normalized spacial score (nSPS) is 32.8. The quantitative estimate of drug-likeness (QED) is 0.792. The third kappa shape index (κ3) is 2.13. The Labute approximate surface area is 98.8 Å².